The number of carbonyl (C=O) groups is 1. The Morgan fingerprint density at radius 1 is 1.17 bits per heavy atom. The van der Waals surface area contributed by atoms with Crippen LogP contribution < -0.4 is 0 Å². The van der Waals surface area contributed by atoms with Crippen LogP contribution in [0.25, 0.3) is 11.1 Å². The molecule has 0 aliphatic heterocycles. The van der Waals surface area contributed by atoms with Gasteiger partial charge in [-0.3, -0.25) is 9.36 Å². The van der Waals surface area contributed by atoms with Crippen molar-refractivity contribution in [2.75, 3.05) is 19.4 Å². The molecular weight excluding hydrogens is 406 g/mol. The van der Waals surface area contributed by atoms with Crippen molar-refractivity contribution < 1.29 is 28.5 Å². The van der Waals surface area contributed by atoms with Gasteiger partial charge in [0.25, 0.3) is 0 Å². The van der Waals surface area contributed by atoms with Gasteiger partial charge in [-0.25, -0.2) is 4.39 Å². The number of benzene rings is 2. The Kier molecular flexibility index (Phi) is 8.36. The summed E-state index contributed by atoms with van der Waals surface area (Å²) in [5, 5.41) is 18.6. The predicted molar refractivity (Wildman–Crippen MR) is 117 cm³/mol. The highest BCUT2D eigenvalue weighted by Gasteiger charge is 2.27. The highest BCUT2D eigenvalue weighted by atomic mass is 31.2. The maximum atomic E-state index is 13.7. The number of aliphatic hydroxyl groups excluding tert-OH is 1. The molecule has 2 aromatic carbocycles. The number of aryl methyl sites for hydroxylation is 3. The van der Waals surface area contributed by atoms with Gasteiger partial charge in [-0.15, -0.1) is 0 Å². The first-order chi connectivity index (χ1) is 14.0. The molecule has 0 aliphatic rings. The summed E-state index contributed by atoms with van der Waals surface area (Å²) in [5.74, 6) is -1.38. The summed E-state index contributed by atoms with van der Waals surface area (Å²) in [5.41, 5.74) is 5.84. The lowest BCUT2D eigenvalue weighted by Crippen LogP contribution is -2.19. The van der Waals surface area contributed by atoms with E-state index in [-0.39, 0.29) is 18.1 Å². The van der Waals surface area contributed by atoms with Gasteiger partial charge in [-0.1, -0.05) is 23.8 Å². The summed E-state index contributed by atoms with van der Waals surface area (Å²) < 4.78 is 31.8. The number of aliphatic hydroxyl groups is 1. The third kappa shape index (κ3) is 6.49. The Bertz CT molecular complexity index is 957. The number of aliphatic carboxylic acids is 1. The van der Waals surface area contributed by atoms with Crippen LogP contribution in [0.3, 0.4) is 0 Å². The molecule has 0 heterocycles. The summed E-state index contributed by atoms with van der Waals surface area (Å²) in [7, 11) is -1.81. The van der Waals surface area contributed by atoms with Crippen LogP contribution in [0.2, 0.25) is 0 Å². The summed E-state index contributed by atoms with van der Waals surface area (Å²) >= 11 is 0. The summed E-state index contributed by atoms with van der Waals surface area (Å²) in [6.07, 6.45) is -0.393. The lowest BCUT2D eigenvalue weighted by molar-refractivity contribution is -0.138. The minimum atomic E-state index is -3.14. The van der Waals surface area contributed by atoms with Crippen molar-refractivity contribution in [3.63, 3.8) is 0 Å². The zero-order valence-corrected chi connectivity index (χ0v) is 18.8. The zero-order valence-electron chi connectivity index (χ0n) is 17.9. The Balaban J connectivity index is 2.21. The second-order valence-electron chi connectivity index (χ2n) is 7.83. The summed E-state index contributed by atoms with van der Waals surface area (Å²) in [6, 6.07) is 9.22. The van der Waals surface area contributed by atoms with Crippen LogP contribution in [0.1, 0.15) is 35.1 Å². The lowest BCUT2D eigenvalue weighted by atomic mass is 9.90. The van der Waals surface area contributed by atoms with Gasteiger partial charge in [0.15, 0.2) is 0 Å². The van der Waals surface area contributed by atoms with Crippen molar-refractivity contribution in [1.82, 2.24) is 0 Å². The molecule has 0 aliphatic carbocycles. The van der Waals surface area contributed by atoms with Crippen LogP contribution >= 0.6 is 7.37 Å². The largest absolute Gasteiger partial charge is 0.481 e. The smallest absolute Gasteiger partial charge is 0.305 e. The monoisotopic (exact) mass is 436 g/mol. The second-order valence-corrected chi connectivity index (χ2v) is 10.6. The van der Waals surface area contributed by atoms with Crippen molar-refractivity contribution in [1.29, 1.82) is 0 Å². The van der Waals surface area contributed by atoms with Gasteiger partial charge in [0.1, 0.15) is 5.82 Å². The molecule has 2 rings (SSSR count). The molecule has 164 valence electrons. The van der Waals surface area contributed by atoms with E-state index in [1.54, 1.807) is 13.0 Å². The predicted octanol–water partition coefficient (Wildman–Crippen LogP) is 5.11. The van der Waals surface area contributed by atoms with Gasteiger partial charge >= 0.3 is 5.97 Å². The molecule has 30 heavy (non-hydrogen) atoms. The van der Waals surface area contributed by atoms with Gasteiger partial charge < -0.3 is 14.7 Å². The average molecular weight is 436 g/mol. The minimum absolute atomic E-state index is 0.174. The molecule has 0 radical (unpaired) electrons. The van der Waals surface area contributed by atoms with E-state index in [1.165, 1.54) is 13.2 Å². The third-order valence-corrected chi connectivity index (χ3v) is 7.88. The highest BCUT2D eigenvalue weighted by molar-refractivity contribution is 7.59. The standard InChI is InChI=1S/C23H30FO5P/c1-15-10-16(2)20(21(11-15)18-7-8-22(24)17(3)12-18)6-5-9-30(28,29-4)14-19(25)13-23(26)27/h7-8,10-12,19,25H,5-6,9,13-14H2,1-4H3,(H,26,27). The van der Waals surface area contributed by atoms with E-state index < -0.39 is 25.9 Å². The quantitative estimate of drug-likeness (QED) is 0.506. The van der Waals surface area contributed by atoms with Crippen LogP contribution in [-0.4, -0.2) is 41.7 Å². The molecule has 2 N–H and O–H groups in total. The fraction of sp³-hybridized carbons (Fsp3) is 0.435. The van der Waals surface area contributed by atoms with Gasteiger partial charge in [0.2, 0.25) is 7.37 Å². The first kappa shape index (κ1) is 24.3. The molecule has 0 fully saturated rings. The molecule has 5 nitrogen and oxygen atoms in total. The molecule has 2 unspecified atom stereocenters. The Labute approximate surface area is 177 Å². The van der Waals surface area contributed by atoms with Crippen molar-refractivity contribution in [3.8, 4) is 11.1 Å². The fourth-order valence-electron chi connectivity index (χ4n) is 3.74. The SMILES string of the molecule is COP(=O)(CCCc1c(C)cc(C)cc1-c1ccc(F)c(C)c1)CC(O)CC(=O)O. The van der Waals surface area contributed by atoms with Gasteiger partial charge in [0.05, 0.1) is 18.7 Å². The van der Waals surface area contributed by atoms with E-state index in [0.717, 1.165) is 27.8 Å². The zero-order chi connectivity index (χ0) is 22.5. The van der Waals surface area contributed by atoms with E-state index in [2.05, 4.69) is 12.1 Å². The molecule has 2 aromatic rings. The number of carboxylic acid groups (broad SMARTS) is 1. The molecule has 0 aromatic heterocycles. The lowest BCUT2D eigenvalue weighted by Gasteiger charge is -2.20. The fourth-order valence-corrected chi connectivity index (χ4v) is 5.67. The van der Waals surface area contributed by atoms with Crippen LogP contribution in [-0.2, 0) is 20.3 Å². The van der Waals surface area contributed by atoms with Crippen molar-refractivity contribution in [2.24, 2.45) is 0 Å². The minimum Gasteiger partial charge on any atom is -0.481 e. The second kappa shape index (κ2) is 10.3. The maximum Gasteiger partial charge on any atom is 0.305 e. The van der Waals surface area contributed by atoms with Gasteiger partial charge in [-0.05, 0) is 73.6 Å². The number of rotatable bonds is 10. The van der Waals surface area contributed by atoms with E-state index in [0.29, 0.717) is 18.4 Å². The van der Waals surface area contributed by atoms with E-state index in [9.17, 15) is 18.9 Å². The van der Waals surface area contributed by atoms with Crippen LogP contribution in [0, 0.1) is 26.6 Å². The van der Waals surface area contributed by atoms with Crippen molar-refractivity contribution in [2.45, 2.75) is 46.1 Å². The number of hydrogen-bond acceptors (Lipinski definition) is 4. The summed E-state index contributed by atoms with van der Waals surface area (Å²) in [4.78, 5) is 10.8. The number of halogens is 1. The van der Waals surface area contributed by atoms with Crippen LogP contribution in [0.5, 0.6) is 0 Å². The Hall–Kier alpha value is -2.01. The highest BCUT2D eigenvalue weighted by Crippen LogP contribution is 2.48. The normalized spacial score (nSPS) is 14.3. The van der Waals surface area contributed by atoms with Crippen LogP contribution in [0.4, 0.5) is 4.39 Å². The maximum absolute atomic E-state index is 13.7. The molecule has 0 bridgehead atoms. The molecule has 0 saturated carbocycles. The molecule has 7 heteroatoms. The summed E-state index contributed by atoms with van der Waals surface area (Å²) in [6.45, 7) is 5.77. The molecule has 0 amide bonds. The van der Waals surface area contributed by atoms with Gasteiger partial charge in [-0.2, -0.15) is 0 Å². The van der Waals surface area contributed by atoms with Crippen molar-refractivity contribution >= 4 is 13.3 Å². The number of carboxylic acids is 1. The first-order valence-electron chi connectivity index (χ1n) is 9.95. The van der Waals surface area contributed by atoms with Crippen LogP contribution in [0.15, 0.2) is 30.3 Å². The Morgan fingerprint density at radius 3 is 2.47 bits per heavy atom. The number of hydrogen-bond donors (Lipinski definition) is 2. The third-order valence-electron chi connectivity index (χ3n) is 5.24. The van der Waals surface area contributed by atoms with Gasteiger partial charge in [0, 0.05) is 13.3 Å². The average Bonchev–Trinajstić information content (AvgIpc) is 2.64. The van der Waals surface area contributed by atoms with E-state index in [1.807, 2.05) is 19.9 Å². The molecule has 0 saturated heterocycles. The van der Waals surface area contributed by atoms with E-state index in [4.69, 9.17) is 9.63 Å². The molecular formula is C23H30FO5P. The molecule has 2 atom stereocenters. The first-order valence-corrected chi connectivity index (χ1v) is 11.9. The van der Waals surface area contributed by atoms with E-state index >= 15 is 0 Å². The topological polar surface area (TPSA) is 83.8 Å². The molecule has 0 spiro atoms. The Morgan fingerprint density at radius 2 is 1.87 bits per heavy atom. The van der Waals surface area contributed by atoms with Crippen molar-refractivity contribution in [3.05, 3.63) is 58.4 Å².